The van der Waals surface area contributed by atoms with E-state index in [0.29, 0.717) is 22.4 Å². The Kier molecular flexibility index (Phi) is 10.2. The summed E-state index contributed by atoms with van der Waals surface area (Å²) in [7, 11) is 0. The summed E-state index contributed by atoms with van der Waals surface area (Å²) in [5, 5.41) is 10.2. The molecule has 1 atom stereocenters. The molecule has 0 saturated carbocycles. The molecule has 2 N–H and O–H groups in total. The van der Waals surface area contributed by atoms with Crippen LogP contribution in [0.5, 0.6) is 0 Å². The minimum atomic E-state index is 0. The molecule has 0 bridgehead atoms. The van der Waals surface area contributed by atoms with E-state index in [9.17, 15) is 4.79 Å². The van der Waals surface area contributed by atoms with Gasteiger partial charge in [-0.25, -0.2) is 4.98 Å². The van der Waals surface area contributed by atoms with Crippen molar-refractivity contribution in [1.29, 1.82) is 0 Å². The van der Waals surface area contributed by atoms with Crippen molar-refractivity contribution in [2.24, 2.45) is 5.92 Å². The SMILES string of the molecule is Cl.Cl.O=C(Cc1csc(-c2ccc(Cl)cc2Cl)n1)NCCC1CCNC1. The summed E-state index contributed by atoms with van der Waals surface area (Å²) in [5.41, 5.74) is 1.60. The van der Waals surface area contributed by atoms with Crippen LogP contribution in [0.1, 0.15) is 18.5 Å². The monoisotopic (exact) mass is 455 g/mol. The number of hydrogen-bond acceptors (Lipinski definition) is 4. The van der Waals surface area contributed by atoms with Crippen LogP contribution in [0.2, 0.25) is 10.0 Å². The predicted octanol–water partition coefficient (Wildman–Crippen LogP) is 4.62. The highest BCUT2D eigenvalue weighted by atomic mass is 35.5. The third kappa shape index (κ3) is 6.55. The van der Waals surface area contributed by atoms with Gasteiger partial charge in [0.1, 0.15) is 5.01 Å². The van der Waals surface area contributed by atoms with Crippen molar-refractivity contribution in [3.8, 4) is 10.6 Å². The van der Waals surface area contributed by atoms with E-state index in [1.807, 2.05) is 11.4 Å². The first-order valence-electron chi connectivity index (χ1n) is 7.99. The van der Waals surface area contributed by atoms with Gasteiger partial charge in [-0.3, -0.25) is 4.79 Å². The van der Waals surface area contributed by atoms with Crippen molar-refractivity contribution in [2.45, 2.75) is 19.3 Å². The van der Waals surface area contributed by atoms with Gasteiger partial charge in [0.15, 0.2) is 0 Å². The van der Waals surface area contributed by atoms with E-state index in [0.717, 1.165) is 42.3 Å². The summed E-state index contributed by atoms with van der Waals surface area (Å²) in [6.45, 7) is 2.88. The lowest BCUT2D eigenvalue weighted by atomic mass is 10.1. The van der Waals surface area contributed by atoms with Gasteiger partial charge in [-0.15, -0.1) is 36.2 Å². The molecule has 0 spiro atoms. The molecule has 1 aromatic heterocycles. The maximum absolute atomic E-state index is 12.0. The molecule has 26 heavy (non-hydrogen) atoms. The van der Waals surface area contributed by atoms with Gasteiger partial charge in [0, 0.05) is 22.5 Å². The molecule has 9 heteroatoms. The summed E-state index contributed by atoms with van der Waals surface area (Å²) in [5.74, 6) is 0.697. The van der Waals surface area contributed by atoms with Crippen LogP contribution in [0.15, 0.2) is 23.6 Å². The van der Waals surface area contributed by atoms with Gasteiger partial charge in [-0.05, 0) is 50.0 Å². The number of benzene rings is 1. The van der Waals surface area contributed by atoms with Crippen LogP contribution in [0.4, 0.5) is 0 Å². The van der Waals surface area contributed by atoms with Gasteiger partial charge >= 0.3 is 0 Å². The minimum absolute atomic E-state index is 0. The lowest BCUT2D eigenvalue weighted by Gasteiger charge is -2.08. The average molecular weight is 457 g/mol. The number of hydrogen-bond donors (Lipinski definition) is 2. The first-order valence-corrected chi connectivity index (χ1v) is 9.62. The third-order valence-electron chi connectivity index (χ3n) is 4.09. The second-order valence-corrected chi connectivity index (χ2v) is 7.64. The molecule has 2 aromatic rings. The van der Waals surface area contributed by atoms with Gasteiger partial charge in [0.25, 0.3) is 0 Å². The van der Waals surface area contributed by atoms with Crippen LogP contribution >= 0.6 is 59.4 Å². The lowest BCUT2D eigenvalue weighted by Crippen LogP contribution is -2.27. The summed E-state index contributed by atoms with van der Waals surface area (Å²) < 4.78 is 0. The van der Waals surface area contributed by atoms with Crippen molar-refractivity contribution < 1.29 is 4.79 Å². The van der Waals surface area contributed by atoms with Crippen LogP contribution in [-0.2, 0) is 11.2 Å². The zero-order valence-electron chi connectivity index (χ0n) is 14.0. The first kappa shape index (κ1) is 23.5. The highest BCUT2D eigenvalue weighted by Gasteiger charge is 2.15. The van der Waals surface area contributed by atoms with E-state index in [4.69, 9.17) is 23.2 Å². The number of aromatic nitrogens is 1. The third-order valence-corrected chi connectivity index (χ3v) is 5.56. The van der Waals surface area contributed by atoms with Crippen LogP contribution in [0, 0.1) is 5.92 Å². The van der Waals surface area contributed by atoms with Crippen LogP contribution in [0.25, 0.3) is 10.6 Å². The molecule has 3 rings (SSSR count). The van der Waals surface area contributed by atoms with E-state index in [-0.39, 0.29) is 30.7 Å². The average Bonchev–Trinajstić information content (AvgIpc) is 3.19. The number of nitrogens with one attached hydrogen (secondary N) is 2. The Morgan fingerprint density at radius 1 is 1.35 bits per heavy atom. The van der Waals surface area contributed by atoms with Crippen molar-refractivity contribution in [3.63, 3.8) is 0 Å². The fourth-order valence-electron chi connectivity index (χ4n) is 2.78. The highest BCUT2D eigenvalue weighted by molar-refractivity contribution is 7.13. The van der Waals surface area contributed by atoms with E-state index in [2.05, 4.69) is 15.6 Å². The fourth-order valence-corrected chi connectivity index (χ4v) is 4.19. The number of carbonyl (C=O) groups is 1. The Morgan fingerprint density at radius 3 is 2.85 bits per heavy atom. The molecule has 1 aliphatic rings. The minimum Gasteiger partial charge on any atom is -0.356 e. The quantitative estimate of drug-likeness (QED) is 0.666. The van der Waals surface area contributed by atoms with Gasteiger partial charge < -0.3 is 10.6 Å². The fraction of sp³-hybridized carbons (Fsp3) is 0.412. The first-order chi connectivity index (χ1) is 11.6. The molecular formula is C17H21Cl4N3OS. The zero-order valence-corrected chi connectivity index (χ0v) is 17.9. The molecule has 0 radical (unpaired) electrons. The largest absolute Gasteiger partial charge is 0.356 e. The number of rotatable bonds is 6. The molecule has 0 aliphatic carbocycles. The van der Waals surface area contributed by atoms with Crippen LogP contribution in [0.3, 0.4) is 0 Å². The van der Waals surface area contributed by atoms with Crippen molar-refractivity contribution in [2.75, 3.05) is 19.6 Å². The Hall–Kier alpha value is -0.560. The zero-order chi connectivity index (χ0) is 16.9. The summed E-state index contributed by atoms with van der Waals surface area (Å²) in [6, 6.07) is 5.33. The summed E-state index contributed by atoms with van der Waals surface area (Å²) in [6.07, 6.45) is 2.53. The topological polar surface area (TPSA) is 54.0 Å². The lowest BCUT2D eigenvalue weighted by molar-refractivity contribution is -0.120. The molecule has 1 saturated heterocycles. The maximum Gasteiger partial charge on any atom is 0.226 e. The molecule has 1 aliphatic heterocycles. The molecule has 144 valence electrons. The molecule has 1 fully saturated rings. The Labute approximate surface area is 179 Å². The second kappa shape index (κ2) is 11.3. The molecule has 1 aromatic carbocycles. The van der Waals surface area contributed by atoms with Crippen molar-refractivity contribution in [1.82, 2.24) is 15.6 Å². The van der Waals surface area contributed by atoms with Gasteiger partial charge in [-0.2, -0.15) is 0 Å². The number of nitrogens with zero attached hydrogens (tertiary/aromatic N) is 1. The predicted molar refractivity (Wildman–Crippen MR) is 114 cm³/mol. The van der Waals surface area contributed by atoms with E-state index in [1.54, 1.807) is 12.1 Å². The normalized spacial score (nSPS) is 15.8. The Morgan fingerprint density at radius 2 is 2.15 bits per heavy atom. The highest BCUT2D eigenvalue weighted by Crippen LogP contribution is 2.32. The van der Waals surface area contributed by atoms with E-state index >= 15 is 0 Å². The molecule has 1 unspecified atom stereocenters. The van der Waals surface area contributed by atoms with E-state index in [1.165, 1.54) is 17.8 Å². The van der Waals surface area contributed by atoms with Crippen molar-refractivity contribution in [3.05, 3.63) is 39.3 Å². The van der Waals surface area contributed by atoms with Crippen LogP contribution < -0.4 is 10.6 Å². The Bertz CT molecular complexity index is 720. The molecular weight excluding hydrogens is 436 g/mol. The molecule has 2 heterocycles. The Balaban J connectivity index is 0.00000169. The van der Waals surface area contributed by atoms with Gasteiger partial charge in [0.2, 0.25) is 5.91 Å². The van der Waals surface area contributed by atoms with E-state index < -0.39 is 0 Å². The number of carbonyl (C=O) groups excluding carboxylic acids is 1. The molecule has 4 nitrogen and oxygen atoms in total. The summed E-state index contributed by atoms with van der Waals surface area (Å²) in [4.78, 5) is 16.6. The summed E-state index contributed by atoms with van der Waals surface area (Å²) >= 11 is 13.6. The number of thiazole rings is 1. The maximum atomic E-state index is 12.0. The second-order valence-electron chi connectivity index (χ2n) is 5.94. The smallest absolute Gasteiger partial charge is 0.226 e. The van der Waals surface area contributed by atoms with Gasteiger partial charge in [-0.1, -0.05) is 23.2 Å². The van der Waals surface area contributed by atoms with Crippen LogP contribution in [-0.4, -0.2) is 30.5 Å². The molecule has 1 amide bonds. The number of amides is 1. The van der Waals surface area contributed by atoms with Crippen molar-refractivity contribution >= 4 is 65.3 Å². The number of halogens is 4. The standard InChI is InChI=1S/C17H19Cl2N3OS.2ClH/c18-12-1-2-14(15(19)7-12)17-22-13(10-24-17)8-16(23)21-6-4-11-3-5-20-9-11;;/h1-2,7,10-11,20H,3-6,8-9H2,(H,21,23);2*1H. The van der Waals surface area contributed by atoms with Gasteiger partial charge in [0.05, 0.1) is 17.1 Å².